The van der Waals surface area contributed by atoms with Crippen LogP contribution in [0.3, 0.4) is 0 Å². The fraction of sp³-hybridized carbons (Fsp3) is 0. The molecule has 0 fully saturated rings. The summed E-state index contributed by atoms with van der Waals surface area (Å²) in [5.41, 5.74) is 1.69. The second-order valence-electron chi connectivity index (χ2n) is 3.29. The fourth-order valence-corrected chi connectivity index (χ4v) is 1.42. The van der Waals surface area contributed by atoms with Crippen LogP contribution in [0, 0.1) is 0 Å². The number of furan rings is 1. The van der Waals surface area contributed by atoms with Gasteiger partial charge in [0, 0.05) is 5.56 Å². The first-order valence-electron chi connectivity index (χ1n) is 4.85. The molecule has 0 bridgehead atoms. The Balaban J connectivity index is 2.00. The largest absolute Gasteiger partial charge is 0.472 e. The molecular weight excluding hydrogens is 204 g/mol. The molecule has 4 heteroatoms. The molecule has 78 valence electrons. The minimum absolute atomic E-state index is 0.465. The second kappa shape index (κ2) is 3.66. The summed E-state index contributed by atoms with van der Waals surface area (Å²) in [6.07, 6.45) is 3.14. The summed E-state index contributed by atoms with van der Waals surface area (Å²) in [4.78, 5) is 0. The minimum Gasteiger partial charge on any atom is -0.472 e. The lowest BCUT2D eigenvalue weighted by molar-refractivity contribution is 0.560. The molecule has 0 unspecified atom stereocenters. The third-order valence-electron chi connectivity index (χ3n) is 2.21. The summed E-state index contributed by atoms with van der Waals surface area (Å²) >= 11 is 0. The highest BCUT2D eigenvalue weighted by atomic mass is 16.4. The van der Waals surface area contributed by atoms with Crippen LogP contribution >= 0.6 is 0 Å². The average molecular weight is 212 g/mol. The van der Waals surface area contributed by atoms with E-state index in [0.717, 1.165) is 11.1 Å². The molecule has 0 saturated heterocycles. The summed E-state index contributed by atoms with van der Waals surface area (Å²) < 4.78 is 10.5. The highest BCUT2D eigenvalue weighted by molar-refractivity contribution is 5.56. The number of rotatable bonds is 2. The molecule has 0 aliphatic rings. The SMILES string of the molecule is c1ccc(-c2nnc(-c3ccoc3)o2)cc1. The quantitative estimate of drug-likeness (QED) is 0.655. The van der Waals surface area contributed by atoms with Gasteiger partial charge in [0.05, 0.1) is 11.8 Å². The number of nitrogens with zero attached hydrogens (tertiary/aromatic N) is 2. The molecule has 0 amide bonds. The third kappa shape index (κ3) is 1.50. The molecule has 4 nitrogen and oxygen atoms in total. The van der Waals surface area contributed by atoms with Crippen LogP contribution < -0.4 is 0 Å². The van der Waals surface area contributed by atoms with Gasteiger partial charge in [-0.3, -0.25) is 0 Å². The lowest BCUT2D eigenvalue weighted by Crippen LogP contribution is -1.75. The molecule has 1 aromatic carbocycles. The summed E-state index contributed by atoms with van der Waals surface area (Å²) in [6.45, 7) is 0. The van der Waals surface area contributed by atoms with Gasteiger partial charge in [-0.1, -0.05) is 18.2 Å². The third-order valence-corrected chi connectivity index (χ3v) is 2.21. The van der Waals surface area contributed by atoms with Gasteiger partial charge in [-0.2, -0.15) is 0 Å². The smallest absolute Gasteiger partial charge is 0.251 e. The Hall–Kier alpha value is -2.36. The van der Waals surface area contributed by atoms with Crippen LogP contribution in [0.4, 0.5) is 0 Å². The van der Waals surface area contributed by atoms with E-state index in [1.165, 1.54) is 0 Å². The van der Waals surface area contributed by atoms with Crippen molar-refractivity contribution >= 4 is 0 Å². The van der Waals surface area contributed by atoms with Gasteiger partial charge in [0.15, 0.2) is 0 Å². The zero-order chi connectivity index (χ0) is 10.8. The second-order valence-corrected chi connectivity index (χ2v) is 3.29. The topological polar surface area (TPSA) is 52.1 Å². The lowest BCUT2D eigenvalue weighted by atomic mass is 10.2. The maximum absolute atomic E-state index is 5.53. The predicted octanol–water partition coefficient (Wildman–Crippen LogP) is 3.00. The summed E-state index contributed by atoms with van der Waals surface area (Å²) in [7, 11) is 0. The molecule has 2 heterocycles. The van der Waals surface area contributed by atoms with E-state index in [0.29, 0.717) is 11.8 Å². The highest BCUT2D eigenvalue weighted by Crippen LogP contribution is 2.23. The van der Waals surface area contributed by atoms with Crippen molar-refractivity contribution in [2.45, 2.75) is 0 Å². The number of hydrogen-bond donors (Lipinski definition) is 0. The first kappa shape index (κ1) is 8.91. The van der Waals surface area contributed by atoms with Crippen LogP contribution in [0.15, 0.2) is 57.8 Å². The Bertz CT molecular complexity index is 570. The average Bonchev–Trinajstić information content (AvgIpc) is 3.01. The van der Waals surface area contributed by atoms with Crippen LogP contribution in [0.1, 0.15) is 0 Å². The Kier molecular flexibility index (Phi) is 2.04. The summed E-state index contributed by atoms with van der Waals surface area (Å²) in [5, 5.41) is 7.94. The molecule has 0 aliphatic carbocycles. The van der Waals surface area contributed by atoms with Gasteiger partial charge in [0.25, 0.3) is 5.89 Å². The number of hydrogen-bond acceptors (Lipinski definition) is 4. The zero-order valence-corrected chi connectivity index (χ0v) is 8.33. The Morgan fingerprint density at radius 1 is 0.812 bits per heavy atom. The van der Waals surface area contributed by atoms with E-state index in [1.807, 2.05) is 30.3 Å². The molecule has 16 heavy (non-hydrogen) atoms. The summed E-state index contributed by atoms with van der Waals surface area (Å²) in [5.74, 6) is 0.976. The molecule has 0 N–H and O–H groups in total. The molecule has 0 atom stereocenters. The van der Waals surface area contributed by atoms with Crippen molar-refractivity contribution in [3.05, 3.63) is 48.9 Å². The molecule has 0 aliphatic heterocycles. The van der Waals surface area contributed by atoms with Crippen LogP contribution in [-0.4, -0.2) is 10.2 Å². The van der Waals surface area contributed by atoms with Gasteiger partial charge in [0.1, 0.15) is 6.26 Å². The molecule has 3 aromatic rings. The van der Waals surface area contributed by atoms with Crippen LogP contribution in [0.25, 0.3) is 22.9 Å². The molecule has 0 radical (unpaired) electrons. The van der Waals surface area contributed by atoms with E-state index in [4.69, 9.17) is 8.83 Å². The van der Waals surface area contributed by atoms with E-state index in [-0.39, 0.29) is 0 Å². The Labute approximate surface area is 91.5 Å². The van der Waals surface area contributed by atoms with Gasteiger partial charge < -0.3 is 8.83 Å². The number of benzene rings is 1. The summed E-state index contributed by atoms with van der Waals surface area (Å²) in [6, 6.07) is 11.4. The van der Waals surface area contributed by atoms with E-state index < -0.39 is 0 Å². The van der Waals surface area contributed by atoms with Crippen molar-refractivity contribution in [2.75, 3.05) is 0 Å². The van der Waals surface area contributed by atoms with Gasteiger partial charge in [-0.15, -0.1) is 10.2 Å². The van der Waals surface area contributed by atoms with Gasteiger partial charge >= 0.3 is 0 Å². The van der Waals surface area contributed by atoms with Crippen molar-refractivity contribution < 1.29 is 8.83 Å². The molecule has 0 saturated carbocycles. The molecule has 3 rings (SSSR count). The van der Waals surface area contributed by atoms with Crippen molar-refractivity contribution in [1.29, 1.82) is 0 Å². The van der Waals surface area contributed by atoms with Crippen LogP contribution in [0.2, 0.25) is 0 Å². The van der Waals surface area contributed by atoms with Crippen molar-refractivity contribution in [3.8, 4) is 22.9 Å². The highest BCUT2D eigenvalue weighted by Gasteiger charge is 2.10. The van der Waals surface area contributed by atoms with Crippen molar-refractivity contribution in [2.24, 2.45) is 0 Å². The van der Waals surface area contributed by atoms with Gasteiger partial charge in [0.2, 0.25) is 5.89 Å². The van der Waals surface area contributed by atoms with Crippen molar-refractivity contribution in [1.82, 2.24) is 10.2 Å². The monoisotopic (exact) mass is 212 g/mol. The Morgan fingerprint density at radius 2 is 1.56 bits per heavy atom. The fourth-order valence-electron chi connectivity index (χ4n) is 1.42. The van der Waals surface area contributed by atoms with E-state index >= 15 is 0 Å². The van der Waals surface area contributed by atoms with Crippen molar-refractivity contribution in [3.63, 3.8) is 0 Å². The Morgan fingerprint density at radius 3 is 2.25 bits per heavy atom. The first-order chi connectivity index (χ1) is 7.93. The minimum atomic E-state index is 0.465. The zero-order valence-electron chi connectivity index (χ0n) is 8.33. The van der Waals surface area contributed by atoms with E-state index in [9.17, 15) is 0 Å². The van der Waals surface area contributed by atoms with Gasteiger partial charge in [-0.05, 0) is 18.2 Å². The molecule has 0 spiro atoms. The molecule has 2 aromatic heterocycles. The van der Waals surface area contributed by atoms with E-state index in [2.05, 4.69) is 10.2 Å². The standard InChI is InChI=1S/C12H8N2O2/c1-2-4-9(5-3-1)11-13-14-12(16-11)10-6-7-15-8-10/h1-8H. The lowest BCUT2D eigenvalue weighted by Gasteiger charge is -1.91. The maximum Gasteiger partial charge on any atom is 0.251 e. The maximum atomic E-state index is 5.53. The van der Waals surface area contributed by atoms with Gasteiger partial charge in [-0.25, -0.2) is 0 Å². The van der Waals surface area contributed by atoms with Crippen LogP contribution in [-0.2, 0) is 0 Å². The predicted molar refractivity (Wildman–Crippen MR) is 57.4 cm³/mol. The first-order valence-corrected chi connectivity index (χ1v) is 4.85. The normalized spacial score (nSPS) is 10.5. The van der Waals surface area contributed by atoms with E-state index in [1.54, 1.807) is 18.6 Å². The molecular formula is C12H8N2O2. The van der Waals surface area contributed by atoms with Crippen LogP contribution in [0.5, 0.6) is 0 Å². The number of aromatic nitrogens is 2.